The monoisotopic (exact) mass is 158 g/mol. The molecule has 0 saturated heterocycles. The molecule has 0 saturated carbocycles. The summed E-state index contributed by atoms with van der Waals surface area (Å²) in [6.07, 6.45) is 1.39. The van der Waals surface area contributed by atoms with Crippen LogP contribution in [-0.2, 0) is 4.79 Å². The largest absolute Gasteiger partial charge is 0.483 e. The van der Waals surface area contributed by atoms with Gasteiger partial charge in [0.15, 0.2) is 0 Å². The van der Waals surface area contributed by atoms with E-state index >= 15 is 0 Å². The van der Waals surface area contributed by atoms with Crippen molar-refractivity contribution in [1.82, 2.24) is 10.2 Å². The smallest absolute Gasteiger partial charge is 0.353 e. The molecule has 1 aromatic heterocycles. The molecule has 0 aliphatic rings. The number of hydrogen-bond donors (Lipinski definition) is 3. The standard InChI is InChI=1S/C4H4N2O2.CH2O2/c7-4(8)3-1-2-5-6-3;2-1-3/h1-2H,(H,5,6)(H,7,8);1H,(H,2,3). The highest BCUT2D eigenvalue weighted by Crippen LogP contribution is 1.87. The molecule has 0 aromatic carbocycles. The van der Waals surface area contributed by atoms with Crippen molar-refractivity contribution in [3.8, 4) is 0 Å². The molecule has 0 aliphatic carbocycles. The van der Waals surface area contributed by atoms with E-state index in [0.29, 0.717) is 0 Å². The normalized spacial score (nSPS) is 7.64. The second-order valence-electron chi connectivity index (χ2n) is 1.38. The Morgan fingerprint density at radius 3 is 2.45 bits per heavy atom. The maximum absolute atomic E-state index is 9.99. The molecule has 0 atom stereocenters. The molecule has 3 N–H and O–H groups in total. The SMILES string of the molecule is O=C(O)c1ccn[nH]1.O=CO. The van der Waals surface area contributed by atoms with Crippen LogP contribution < -0.4 is 0 Å². The van der Waals surface area contributed by atoms with Crippen molar-refractivity contribution in [2.24, 2.45) is 0 Å². The first-order chi connectivity index (χ1) is 5.22. The van der Waals surface area contributed by atoms with Crippen LogP contribution in [0.25, 0.3) is 0 Å². The van der Waals surface area contributed by atoms with Crippen molar-refractivity contribution in [3.05, 3.63) is 18.0 Å². The van der Waals surface area contributed by atoms with E-state index in [-0.39, 0.29) is 12.2 Å². The summed E-state index contributed by atoms with van der Waals surface area (Å²) in [5, 5.41) is 20.8. The van der Waals surface area contributed by atoms with E-state index in [1.54, 1.807) is 0 Å². The van der Waals surface area contributed by atoms with Crippen LogP contribution >= 0.6 is 0 Å². The molecule has 1 rings (SSSR count). The number of aromatic nitrogens is 2. The summed E-state index contributed by atoms with van der Waals surface area (Å²) in [4.78, 5) is 18.4. The Morgan fingerprint density at radius 2 is 2.27 bits per heavy atom. The second-order valence-corrected chi connectivity index (χ2v) is 1.38. The quantitative estimate of drug-likeness (QED) is 0.491. The minimum atomic E-state index is -0.984. The minimum absolute atomic E-state index is 0.116. The highest BCUT2D eigenvalue weighted by molar-refractivity contribution is 5.84. The molecular weight excluding hydrogens is 152 g/mol. The van der Waals surface area contributed by atoms with E-state index in [1.807, 2.05) is 0 Å². The first-order valence-electron chi connectivity index (χ1n) is 2.53. The first kappa shape index (κ1) is 9.15. The van der Waals surface area contributed by atoms with Crippen LogP contribution in [0.15, 0.2) is 12.3 Å². The number of aromatic carboxylic acids is 1. The van der Waals surface area contributed by atoms with Crippen LogP contribution in [0.4, 0.5) is 0 Å². The van der Waals surface area contributed by atoms with Crippen molar-refractivity contribution < 1.29 is 19.8 Å². The van der Waals surface area contributed by atoms with Crippen molar-refractivity contribution in [2.75, 3.05) is 0 Å². The molecule has 0 unspecified atom stereocenters. The Balaban J connectivity index is 0.000000292. The van der Waals surface area contributed by atoms with E-state index < -0.39 is 5.97 Å². The number of carboxylic acids is 1. The Kier molecular flexibility index (Phi) is 4.14. The number of rotatable bonds is 1. The molecule has 0 fully saturated rings. The summed E-state index contributed by atoms with van der Waals surface area (Å²) in [6.45, 7) is -0.250. The lowest BCUT2D eigenvalue weighted by molar-refractivity contribution is -0.122. The average Bonchev–Trinajstić information content (AvgIpc) is 2.38. The minimum Gasteiger partial charge on any atom is -0.483 e. The third-order valence-corrected chi connectivity index (χ3v) is 0.731. The lowest BCUT2D eigenvalue weighted by Crippen LogP contribution is -1.95. The van der Waals surface area contributed by atoms with Crippen molar-refractivity contribution in [1.29, 1.82) is 0 Å². The van der Waals surface area contributed by atoms with Crippen molar-refractivity contribution >= 4 is 12.4 Å². The molecule has 11 heavy (non-hydrogen) atoms. The first-order valence-corrected chi connectivity index (χ1v) is 2.53. The van der Waals surface area contributed by atoms with Gasteiger partial charge in [0, 0.05) is 6.20 Å². The summed E-state index contributed by atoms with van der Waals surface area (Å²) in [7, 11) is 0. The van der Waals surface area contributed by atoms with Gasteiger partial charge in [-0.15, -0.1) is 0 Å². The third kappa shape index (κ3) is 3.68. The Bertz CT molecular complexity index is 218. The number of H-pyrrole nitrogens is 1. The number of nitrogens with one attached hydrogen (secondary N) is 1. The maximum Gasteiger partial charge on any atom is 0.353 e. The third-order valence-electron chi connectivity index (χ3n) is 0.731. The summed E-state index contributed by atoms with van der Waals surface area (Å²) >= 11 is 0. The number of nitrogens with zero attached hydrogens (tertiary/aromatic N) is 1. The van der Waals surface area contributed by atoms with Crippen LogP contribution in [0.1, 0.15) is 10.5 Å². The van der Waals surface area contributed by atoms with Gasteiger partial charge in [-0.05, 0) is 6.07 Å². The van der Waals surface area contributed by atoms with Crippen LogP contribution in [-0.4, -0.2) is 32.9 Å². The molecule has 6 heteroatoms. The van der Waals surface area contributed by atoms with Gasteiger partial charge >= 0.3 is 5.97 Å². The molecule has 6 nitrogen and oxygen atoms in total. The van der Waals surface area contributed by atoms with Crippen LogP contribution in [0.2, 0.25) is 0 Å². The van der Waals surface area contributed by atoms with Gasteiger partial charge in [-0.2, -0.15) is 5.10 Å². The van der Waals surface area contributed by atoms with E-state index in [0.717, 1.165) is 0 Å². The number of aromatic amines is 1. The molecule has 0 spiro atoms. The van der Waals surface area contributed by atoms with Crippen LogP contribution in [0.5, 0.6) is 0 Å². The van der Waals surface area contributed by atoms with Gasteiger partial charge in [0.05, 0.1) is 0 Å². The van der Waals surface area contributed by atoms with Gasteiger partial charge in [-0.3, -0.25) is 9.89 Å². The molecule has 60 valence electrons. The Labute approximate surface area is 61.5 Å². The topological polar surface area (TPSA) is 103 Å². The predicted molar refractivity (Wildman–Crippen MR) is 34.2 cm³/mol. The van der Waals surface area contributed by atoms with Gasteiger partial charge in [0.1, 0.15) is 5.69 Å². The number of hydrogen-bond acceptors (Lipinski definition) is 3. The molecule has 0 aliphatic heterocycles. The van der Waals surface area contributed by atoms with Crippen molar-refractivity contribution in [2.45, 2.75) is 0 Å². The maximum atomic E-state index is 9.99. The Morgan fingerprint density at radius 1 is 1.73 bits per heavy atom. The van der Waals surface area contributed by atoms with Gasteiger partial charge in [0.25, 0.3) is 6.47 Å². The molecule has 0 amide bonds. The molecule has 0 radical (unpaired) electrons. The molecule has 1 heterocycles. The lowest BCUT2D eigenvalue weighted by Gasteiger charge is -1.79. The van der Waals surface area contributed by atoms with E-state index in [9.17, 15) is 4.79 Å². The average molecular weight is 158 g/mol. The highest BCUT2D eigenvalue weighted by atomic mass is 16.4. The van der Waals surface area contributed by atoms with E-state index in [4.69, 9.17) is 15.0 Å². The summed E-state index contributed by atoms with van der Waals surface area (Å²) in [5.41, 5.74) is 0.116. The van der Waals surface area contributed by atoms with E-state index in [1.165, 1.54) is 12.3 Å². The number of carbonyl (C=O) groups is 2. The molecular formula is C5H6N2O4. The van der Waals surface area contributed by atoms with Gasteiger partial charge < -0.3 is 10.2 Å². The summed E-state index contributed by atoms with van der Waals surface area (Å²) in [6, 6.07) is 1.39. The van der Waals surface area contributed by atoms with Crippen LogP contribution in [0.3, 0.4) is 0 Å². The zero-order chi connectivity index (χ0) is 8.69. The van der Waals surface area contributed by atoms with Crippen LogP contribution in [0, 0.1) is 0 Å². The zero-order valence-corrected chi connectivity index (χ0v) is 5.39. The fraction of sp³-hybridized carbons (Fsp3) is 0. The fourth-order valence-electron chi connectivity index (χ4n) is 0.375. The second kappa shape index (κ2) is 4.98. The lowest BCUT2D eigenvalue weighted by atomic mass is 10.5. The summed E-state index contributed by atoms with van der Waals surface area (Å²) in [5.74, 6) is -0.984. The highest BCUT2D eigenvalue weighted by Gasteiger charge is 1.99. The fourth-order valence-corrected chi connectivity index (χ4v) is 0.375. The number of carboxylic acid groups (broad SMARTS) is 2. The summed E-state index contributed by atoms with van der Waals surface area (Å²) < 4.78 is 0. The van der Waals surface area contributed by atoms with E-state index in [2.05, 4.69) is 10.2 Å². The molecule has 0 bridgehead atoms. The predicted octanol–water partition coefficient (Wildman–Crippen LogP) is -0.191. The Hall–Kier alpha value is -1.85. The molecule has 1 aromatic rings. The zero-order valence-electron chi connectivity index (χ0n) is 5.39. The van der Waals surface area contributed by atoms with Gasteiger partial charge in [0.2, 0.25) is 0 Å². The van der Waals surface area contributed by atoms with Gasteiger partial charge in [-0.25, -0.2) is 4.79 Å². The van der Waals surface area contributed by atoms with Gasteiger partial charge in [-0.1, -0.05) is 0 Å². The van der Waals surface area contributed by atoms with Crippen molar-refractivity contribution in [3.63, 3.8) is 0 Å².